The summed E-state index contributed by atoms with van der Waals surface area (Å²) in [7, 11) is -4.88. The molecular formula is C9H12N2O7P-. The van der Waals surface area contributed by atoms with Crippen LogP contribution in [-0.2, 0) is 13.8 Å². The van der Waals surface area contributed by atoms with Crippen molar-refractivity contribution in [2.45, 2.75) is 32.3 Å². The van der Waals surface area contributed by atoms with E-state index in [4.69, 9.17) is 9.63 Å². The van der Waals surface area contributed by atoms with Gasteiger partial charge in [0.1, 0.15) is 6.23 Å². The molecule has 2 rings (SSSR count). The molecule has 0 aromatic carbocycles. The zero-order valence-electron chi connectivity index (χ0n) is 9.94. The minimum absolute atomic E-state index is 0.196. The largest absolute Gasteiger partial charge is 0.756 e. The normalized spacial score (nSPS) is 26.3. The van der Waals surface area contributed by atoms with Crippen LogP contribution < -0.4 is 16.1 Å². The zero-order valence-corrected chi connectivity index (χ0v) is 10.8. The van der Waals surface area contributed by atoms with Crippen molar-refractivity contribution in [3.8, 4) is 0 Å². The lowest BCUT2D eigenvalue weighted by Crippen LogP contribution is -2.33. The number of nitrogens with one attached hydrogen (secondary N) is 1. The molecule has 2 N–H and O–H groups in total. The SMILES string of the molecule is Cc1cn([C@H]2CC[C@@H](OP(=O)([O-])O)O2)c(=O)[nH]c1=O. The zero-order chi connectivity index (χ0) is 14.2. The number of aryl methyl sites for hydroxylation is 1. The average Bonchev–Trinajstić information content (AvgIpc) is 2.69. The number of rotatable bonds is 3. The Kier molecular flexibility index (Phi) is 3.75. The fourth-order valence-corrected chi connectivity index (χ4v) is 2.27. The van der Waals surface area contributed by atoms with Gasteiger partial charge in [-0.25, -0.2) is 4.79 Å². The number of ether oxygens (including phenoxy) is 1. The molecule has 9 nitrogen and oxygen atoms in total. The molecule has 0 saturated carbocycles. The maximum Gasteiger partial charge on any atom is 0.330 e. The Hall–Kier alpha value is -1.25. The molecule has 1 fully saturated rings. The summed E-state index contributed by atoms with van der Waals surface area (Å²) in [5.41, 5.74) is -0.828. The Morgan fingerprint density at radius 2 is 2.26 bits per heavy atom. The lowest BCUT2D eigenvalue weighted by Gasteiger charge is -2.21. The highest BCUT2D eigenvalue weighted by atomic mass is 31.2. The van der Waals surface area contributed by atoms with E-state index >= 15 is 0 Å². The first kappa shape index (κ1) is 14.2. The molecule has 1 saturated heterocycles. The van der Waals surface area contributed by atoms with Gasteiger partial charge in [0.25, 0.3) is 13.4 Å². The number of hydrogen-bond acceptors (Lipinski definition) is 6. The minimum Gasteiger partial charge on any atom is -0.756 e. The van der Waals surface area contributed by atoms with Crippen molar-refractivity contribution in [2.75, 3.05) is 0 Å². The van der Waals surface area contributed by atoms with Crippen LogP contribution in [0.5, 0.6) is 0 Å². The molecule has 19 heavy (non-hydrogen) atoms. The Bertz CT molecular complexity index is 630. The molecule has 106 valence electrons. The molecule has 3 atom stereocenters. The van der Waals surface area contributed by atoms with Crippen LogP contribution in [0.3, 0.4) is 0 Å². The first-order valence-corrected chi connectivity index (χ1v) is 6.95. The van der Waals surface area contributed by atoms with E-state index < -0.39 is 31.6 Å². The van der Waals surface area contributed by atoms with Gasteiger partial charge in [-0.1, -0.05) is 0 Å². The molecule has 1 aliphatic rings. The van der Waals surface area contributed by atoms with Crippen LogP contribution in [-0.4, -0.2) is 20.7 Å². The molecular weight excluding hydrogens is 279 g/mol. The molecule has 10 heteroatoms. The van der Waals surface area contributed by atoms with Crippen molar-refractivity contribution in [1.29, 1.82) is 0 Å². The lowest BCUT2D eigenvalue weighted by molar-refractivity contribution is -0.239. The van der Waals surface area contributed by atoms with E-state index in [9.17, 15) is 19.0 Å². The van der Waals surface area contributed by atoms with Gasteiger partial charge in [0, 0.05) is 18.2 Å². The molecule has 0 bridgehead atoms. The number of H-pyrrole nitrogens is 1. The Morgan fingerprint density at radius 1 is 1.58 bits per heavy atom. The fourth-order valence-electron chi connectivity index (χ4n) is 1.82. The number of aromatic nitrogens is 2. The third kappa shape index (κ3) is 3.40. The summed E-state index contributed by atoms with van der Waals surface area (Å²) in [6.45, 7) is 1.53. The van der Waals surface area contributed by atoms with Gasteiger partial charge < -0.3 is 14.5 Å². The van der Waals surface area contributed by atoms with Crippen LogP contribution in [0.4, 0.5) is 0 Å². The molecule has 1 aliphatic heterocycles. The summed E-state index contributed by atoms with van der Waals surface area (Å²) in [4.78, 5) is 44.0. The number of hydrogen-bond donors (Lipinski definition) is 2. The van der Waals surface area contributed by atoms with E-state index in [0.29, 0.717) is 12.0 Å². The standard InChI is InChI=1S/C9H13N2O7P/c1-5-4-11(9(13)10-8(5)12)6-2-3-7(17-6)18-19(14,15)16/h4,6-7H,2-3H2,1H3,(H,10,12,13)(H2,14,15,16)/p-1/t6-,7-/m1/s1. The van der Waals surface area contributed by atoms with Crippen LogP contribution in [0.15, 0.2) is 15.8 Å². The van der Waals surface area contributed by atoms with Crippen LogP contribution >= 0.6 is 7.82 Å². The second-order valence-corrected chi connectivity index (χ2v) is 5.30. The van der Waals surface area contributed by atoms with Crippen LogP contribution in [0, 0.1) is 6.92 Å². The summed E-state index contributed by atoms with van der Waals surface area (Å²) >= 11 is 0. The molecule has 1 aromatic rings. The summed E-state index contributed by atoms with van der Waals surface area (Å²) < 4.78 is 21.2. The molecule has 2 heterocycles. The van der Waals surface area contributed by atoms with Crippen molar-refractivity contribution in [3.05, 3.63) is 32.6 Å². The first-order chi connectivity index (χ1) is 8.76. The highest BCUT2D eigenvalue weighted by molar-refractivity contribution is 7.44. The van der Waals surface area contributed by atoms with Crippen molar-refractivity contribution >= 4 is 7.82 Å². The third-order valence-corrected chi connectivity index (χ3v) is 3.17. The van der Waals surface area contributed by atoms with E-state index in [2.05, 4.69) is 9.51 Å². The van der Waals surface area contributed by atoms with Gasteiger partial charge >= 0.3 is 5.69 Å². The molecule has 1 aromatic heterocycles. The van der Waals surface area contributed by atoms with Crippen molar-refractivity contribution in [1.82, 2.24) is 9.55 Å². The molecule has 0 aliphatic carbocycles. The molecule has 0 amide bonds. The smallest absolute Gasteiger partial charge is 0.330 e. The van der Waals surface area contributed by atoms with E-state index in [0.717, 1.165) is 4.57 Å². The quantitative estimate of drug-likeness (QED) is 0.679. The van der Waals surface area contributed by atoms with Crippen LogP contribution in [0.1, 0.15) is 24.6 Å². The maximum absolute atomic E-state index is 11.6. The molecule has 0 spiro atoms. The third-order valence-electron chi connectivity index (χ3n) is 2.67. The van der Waals surface area contributed by atoms with Crippen LogP contribution in [0.25, 0.3) is 0 Å². The fraction of sp³-hybridized carbons (Fsp3) is 0.556. The lowest BCUT2D eigenvalue weighted by atomic mass is 10.3. The average molecular weight is 291 g/mol. The highest BCUT2D eigenvalue weighted by Gasteiger charge is 2.30. The Morgan fingerprint density at radius 3 is 2.89 bits per heavy atom. The predicted octanol–water partition coefficient (Wildman–Crippen LogP) is -1.04. The van der Waals surface area contributed by atoms with Crippen LogP contribution in [0.2, 0.25) is 0 Å². The summed E-state index contributed by atoms with van der Waals surface area (Å²) in [6, 6.07) is 0. The number of nitrogens with zero attached hydrogens (tertiary/aromatic N) is 1. The topological polar surface area (TPSA) is 134 Å². The van der Waals surface area contributed by atoms with E-state index in [1.807, 2.05) is 0 Å². The number of phosphoric acid groups is 1. The van der Waals surface area contributed by atoms with Crippen molar-refractivity contribution < 1.29 is 23.6 Å². The van der Waals surface area contributed by atoms with Crippen molar-refractivity contribution in [3.63, 3.8) is 0 Å². The summed E-state index contributed by atoms with van der Waals surface area (Å²) in [6.07, 6.45) is -0.0562. The molecule has 1 unspecified atom stereocenters. The maximum atomic E-state index is 11.6. The molecule has 0 radical (unpaired) electrons. The Balaban J connectivity index is 2.18. The number of phosphoric ester groups is 1. The van der Waals surface area contributed by atoms with Gasteiger partial charge in [0.2, 0.25) is 0 Å². The van der Waals surface area contributed by atoms with Gasteiger partial charge in [-0.2, -0.15) is 0 Å². The van der Waals surface area contributed by atoms with Gasteiger partial charge in [0.05, 0.1) is 0 Å². The summed E-state index contributed by atoms with van der Waals surface area (Å²) in [5, 5.41) is 0. The van der Waals surface area contributed by atoms with E-state index in [1.54, 1.807) is 0 Å². The van der Waals surface area contributed by atoms with Crippen molar-refractivity contribution in [2.24, 2.45) is 0 Å². The van der Waals surface area contributed by atoms with Gasteiger partial charge in [-0.15, -0.1) is 0 Å². The van der Waals surface area contributed by atoms with Gasteiger partial charge in [-0.05, 0) is 13.3 Å². The highest BCUT2D eigenvalue weighted by Crippen LogP contribution is 2.38. The minimum atomic E-state index is -4.88. The summed E-state index contributed by atoms with van der Waals surface area (Å²) in [5.74, 6) is 0. The number of aromatic amines is 1. The first-order valence-electron chi connectivity index (χ1n) is 5.46. The Labute approximate surface area is 107 Å². The van der Waals surface area contributed by atoms with Gasteiger partial charge in [-0.3, -0.25) is 23.4 Å². The van der Waals surface area contributed by atoms with E-state index in [1.165, 1.54) is 13.1 Å². The monoisotopic (exact) mass is 291 g/mol. The second kappa shape index (κ2) is 5.03. The predicted molar refractivity (Wildman–Crippen MR) is 60.1 cm³/mol. The van der Waals surface area contributed by atoms with E-state index in [-0.39, 0.29) is 6.42 Å². The van der Waals surface area contributed by atoms with Gasteiger partial charge in [0.15, 0.2) is 6.29 Å². The second-order valence-electron chi connectivity index (χ2n) is 4.15.